The number of halogens is 1. The molecular weight excluding hydrogens is 331 g/mol. The van der Waals surface area contributed by atoms with Gasteiger partial charge in [-0.25, -0.2) is 4.39 Å². The van der Waals surface area contributed by atoms with Crippen LogP contribution in [0.25, 0.3) is 11.3 Å². The van der Waals surface area contributed by atoms with E-state index in [1.165, 1.54) is 17.7 Å². The second-order valence-corrected chi connectivity index (χ2v) is 6.65. The van der Waals surface area contributed by atoms with Gasteiger partial charge in [0.25, 0.3) is 5.91 Å². The molecule has 1 unspecified atom stereocenters. The number of hydrogen-bond acceptors (Lipinski definition) is 3. The Morgan fingerprint density at radius 2 is 2.00 bits per heavy atom. The fourth-order valence-electron chi connectivity index (χ4n) is 3.51. The summed E-state index contributed by atoms with van der Waals surface area (Å²) in [7, 11) is 0. The quantitative estimate of drug-likeness (QED) is 0.684. The SMILES string of the molecule is Cc1cccc(C2CCCN2C(=O)c2cc(-c3ccc(F)cc3)on2)c1. The van der Waals surface area contributed by atoms with Crippen LogP contribution < -0.4 is 0 Å². The highest BCUT2D eigenvalue weighted by atomic mass is 19.1. The van der Waals surface area contributed by atoms with Gasteiger partial charge in [0.15, 0.2) is 11.5 Å². The van der Waals surface area contributed by atoms with Gasteiger partial charge >= 0.3 is 0 Å². The summed E-state index contributed by atoms with van der Waals surface area (Å²) in [6, 6.07) is 15.9. The van der Waals surface area contributed by atoms with Crippen molar-refractivity contribution < 1.29 is 13.7 Å². The Hall–Kier alpha value is -2.95. The Morgan fingerprint density at radius 1 is 1.19 bits per heavy atom. The number of likely N-dealkylation sites (tertiary alicyclic amines) is 1. The third-order valence-electron chi connectivity index (χ3n) is 4.80. The van der Waals surface area contributed by atoms with E-state index >= 15 is 0 Å². The monoisotopic (exact) mass is 350 g/mol. The average Bonchev–Trinajstić information content (AvgIpc) is 3.32. The zero-order chi connectivity index (χ0) is 18.1. The Balaban J connectivity index is 1.58. The Bertz CT molecular complexity index is 933. The largest absolute Gasteiger partial charge is 0.355 e. The molecule has 0 bridgehead atoms. The Labute approximate surface area is 151 Å². The molecule has 1 amide bonds. The summed E-state index contributed by atoms with van der Waals surface area (Å²) in [4.78, 5) is 14.8. The molecule has 4 rings (SSSR count). The number of benzene rings is 2. The number of rotatable bonds is 3. The third kappa shape index (κ3) is 3.12. The smallest absolute Gasteiger partial charge is 0.276 e. The molecule has 0 radical (unpaired) electrons. The predicted octanol–water partition coefficient (Wildman–Crippen LogP) is 4.77. The number of hydrogen-bond donors (Lipinski definition) is 0. The van der Waals surface area contributed by atoms with Crippen molar-refractivity contribution in [2.24, 2.45) is 0 Å². The highest BCUT2D eigenvalue weighted by Crippen LogP contribution is 2.33. The number of carbonyl (C=O) groups is 1. The lowest BCUT2D eigenvalue weighted by Gasteiger charge is -2.24. The van der Waals surface area contributed by atoms with Crippen molar-refractivity contribution in [1.29, 1.82) is 0 Å². The summed E-state index contributed by atoms with van der Waals surface area (Å²) in [6.07, 6.45) is 1.91. The number of amides is 1. The van der Waals surface area contributed by atoms with Crippen LogP contribution in [-0.2, 0) is 0 Å². The molecule has 2 aromatic carbocycles. The molecule has 5 heteroatoms. The second-order valence-electron chi connectivity index (χ2n) is 6.65. The van der Waals surface area contributed by atoms with Crippen molar-refractivity contribution in [3.8, 4) is 11.3 Å². The van der Waals surface area contributed by atoms with Gasteiger partial charge in [-0.3, -0.25) is 4.79 Å². The molecule has 1 aliphatic rings. The van der Waals surface area contributed by atoms with Crippen LogP contribution in [-0.4, -0.2) is 22.5 Å². The molecule has 2 heterocycles. The van der Waals surface area contributed by atoms with E-state index in [0.717, 1.165) is 18.4 Å². The van der Waals surface area contributed by atoms with E-state index in [9.17, 15) is 9.18 Å². The molecule has 1 aliphatic heterocycles. The maximum absolute atomic E-state index is 13.1. The van der Waals surface area contributed by atoms with E-state index in [2.05, 4.69) is 30.3 Å². The van der Waals surface area contributed by atoms with Gasteiger partial charge in [-0.15, -0.1) is 0 Å². The van der Waals surface area contributed by atoms with Crippen LogP contribution in [0.4, 0.5) is 4.39 Å². The number of aryl methyl sites for hydroxylation is 1. The highest BCUT2D eigenvalue weighted by Gasteiger charge is 2.32. The van der Waals surface area contributed by atoms with Crippen LogP contribution in [0.1, 0.15) is 40.5 Å². The molecule has 0 spiro atoms. The summed E-state index contributed by atoms with van der Waals surface area (Å²) < 4.78 is 18.4. The first kappa shape index (κ1) is 16.5. The molecule has 1 saturated heterocycles. The maximum Gasteiger partial charge on any atom is 0.276 e. The lowest BCUT2D eigenvalue weighted by molar-refractivity contribution is 0.0725. The topological polar surface area (TPSA) is 46.3 Å². The van der Waals surface area contributed by atoms with Crippen molar-refractivity contribution >= 4 is 5.91 Å². The maximum atomic E-state index is 13.1. The Kier molecular flexibility index (Phi) is 4.29. The number of aromatic nitrogens is 1. The molecule has 26 heavy (non-hydrogen) atoms. The fourth-order valence-corrected chi connectivity index (χ4v) is 3.51. The Morgan fingerprint density at radius 3 is 2.77 bits per heavy atom. The van der Waals surface area contributed by atoms with E-state index < -0.39 is 0 Å². The van der Waals surface area contributed by atoms with Gasteiger partial charge in [0, 0.05) is 18.2 Å². The van der Waals surface area contributed by atoms with Gasteiger partial charge in [-0.05, 0) is 49.6 Å². The van der Waals surface area contributed by atoms with Crippen molar-refractivity contribution in [2.75, 3.05) is 6.54 Å². The van der Waals surface area contributed by atoms with Crippen LogP contribution in [0.3, 0.4) is 0 Å². The minimum Gasteiger partial charge on any atom is -0.355 e. The summed E-state index contributed by atoms with van der Waals surface area (Å²) in [5, 5.41) is 3.95. The van der Waals surface area contributed by atoms with Crippen LogP contribution in [0.15, 0.2) is 59.1 Å². The normalized spacial score (nSPS) is 16.8. The zero-order valence-electron chi connectivity index (χ0n) is 14.5. The van der Waals surface area contributed by atoms with Gasteiger partial charge in [-0.2, -0.15) is 0 Å². The molecule has 0 N–H and O–H groups in total. The van der Waals surface area contributed by atoms with Crippen LogP contribution in [0, 0.1) is 12.7 Å². The van der Waals surface area contributed by atoms with E-state index in [1.807, 2.05) is 11.0 Å². The van der Waals surface area contributed by atoms with Gasteiger partial charge in [0.05, 0.1) is 6.04 Å². The zero-order valence-corrected chi connectivity index (χ0v) is 14.5. The number of nitrogens with zero attached hydrogens (tertiary/aromatic N) is 2. The van der Waals surface area contributed by atoms with E-state index in [1.54, 1.807) is 18.2 Å². The second kappa shape index (κ2) is 6.75. The van der Waals surface area contributed by atoms with E-state index in [0.29, 0.717) is 17.9 Å². The lowest BCUT2D eigenvalue weighted by atomic mass is 10.0. The average molecular weight is 350 g/mol. The lowest BCUT2D eigenvalue weighted by Crippen LogP contribution is -2.30. The van der Waals surface area contributed by atoms with Gasteiger partial charge in [0.2, 0.25) is 0 Å². The molecular formula is C21H19FN2O2. The van der Waals surface area contributed by atoms with Gasteiger partial charge < -0.3 is 9.42 Å². The van der Waals surface area contributed by atoms with Crippen molar-refractivity contribution in [3.05, 3.63) is 77.2 Å². The molecule has 0 saturated carbocycles. The fraction of sp³-hybridized carbons (Fsp3) is 0.238. The molecule has 1 aromatic heterocycles. The van der Waals surface area contributed by atoms with Crippen LogP contribution in [0.2, 0.25) is 0 Å². The predicted molar refractivity (Wildman–Crippen MR) is 96.1 cm³/mol. The molecule has 1 fully saturated rings. The van der Waals surface area contributed by atoms with Crippen LogP contribution >= 0.6 is 0 Å². The van der Waals surface area contributed by atoms with Crippen molar-refractivity contribution in [2.45, 2.75) is 25.8 Å². The number of carbonyl (C=O) groups excluding carboxylic acids is 1. The molecule has 4 nitrogen and oxygen atoms in total. The summed E-state index contributed by atoms with van der Waals surface area (Å²) in [5.74, 6) is 0.00778. The third-order valence-corrected chi connectivity index (χ3v) is 4.80. The molecule has 132 valence electrons. The van der Waals surface area contributed by atoms with E-state index in [4.69, 9.17) is 4.52 Å². The summed E-state index contributed by atoms with van der Waals surface area (Å²) >= 11 is 0. The van der Waals surface area contributed by atoms with Crippen LogP contribution in [0.5, 0.6) is 0 Å². The first-order valence-corrected chi connectivity index (χ1v) is 8.72. The van der Waals surface area contributed by atoms with E-state index in [-0.39, 0.29) is 23.5 Å². The minimum absolute atomic E-state index is 0.0633. The minimum atomic E-state index is -0.317. The van der Waals surface area contributed by atoms with Crippen molar-refractivity contribution in [3.63, 3.8) is 0 Å². The molecule has 1 atom stereocenters. The molecule has 3 aromatic rings. The first-order valence-electron chi connectivity index (χ1n) is 8.72. The highest BCUT2D eigenvalue weighted by molar-refractivity contribution is 5.93. The summed E-state index contributed by atoms with van der Waals surface area (Å²) in [5.41, 5.74) is 3.30. The summed E-state index contributed by atoms with van der Waals surface area (Å²) in [6.45, 7) is 2.76. The first-order chi connectivity index (χ1) is 12.6. The van der Waals surface area contributed by atoms with Gasteiger partial charge in [0.1, 0.15) is 5.82 Å². The molecule has 0 aliphatic carbocycles. The van der Waals surface area contributed by atoms with Crippen molar-refractivity contribution in [1.82, 2.24) is 10.1 Å². The van der Waals surface area contributed by atoms with Gasteiger partial charge in [-0.1, -0.05) is 35.0 Å². The standard InChI is InChI=1S/C21H19FN2O2/c1-14-4-2-5-16(12-14)19-6-3-11-24(19)21(25)18-13-20(26-23-18)15-7-9-17(22)10-8-15/h2,4-5,7-10,12-13,19H,3,6,11H2,1H3.